The highest BCUT2D eigenvalue weighted by atomic mass is 15.3. The summed E-state index contributed by atoms with van der Waals surface area (Å²) in [5, 5.41) is 11.2. The van der Waals surface area contributed by atoms with Gasteiger partial charge in [-0.25, -0.2) is 4.98 Å². The van der Waals surface area contributed by atoms with Gasteiger partial charge in [0.05, 0.1) is 11.4 Å². The van der Waals surface area contributed by atoms with E-state index in [1.165, 1.54) is 5.69 Å². The monoisotopic (exact) mass is 353 g/mol. The molecule has 0 aliphatic heterocycles. The fraction of sp³-hybridized carbons (Fsp3) is 0.421. The van der Waals surface area contributed by atoms with Crippen LogP contribution in [0.15, 0.2) is 41.7 Å². The summed E-state index contributed by atoms with van der Waals surface area (Å²) < 4.78 is 4.10. The predicted molar refractivity (Wildman–Crippen MR) is 105 cm³/mol. The summed E-state index contributed by atoms with van der Waals surface area (Å²) in [6.07, 6.45) is 5.94. The molecule has 7 nitrogen and oxygen atoms in total. The number of aliphatic imine (C=N–C) groups is 1. The lowest BCUT2D eigenvalue weighted by Gasteiger charge is -2.11. The van der Waals surface area contributed by atoms with Gasteiger partial charge in [0.15, 0.2) is 5.96 Å². The van der Waals surface area contributed by atoms with Gasteiger partial charge in [0.1, 0.15) is 5.65 Å². The first kappa shape index (κ1) is 18.0. The minimum absolute atomic E-state index is 0.793. The van der Waals surface area contributed by atoms with Gasteiger partial charge in [0.2, 0.25) is 0 Å². The molecule has 0 unspecified atom stereocenters. The lowest BCUT2D eigenvalue weighted by molar-refractivity contribution is 0.555. The SMILES string of the molecule is CN=C(NCCCn1nc(C)cc1C)NCCc1cn2ccccc2n1. The van der Waals surface area contributed by atoms with E-state index in [0.29, 0.717) is 0 Å². The second-order valence-corrected chi connectivity index (χ2v) is 6.38. The van der Waals surface area contributed by atoms with Gasteiger partial charge in [0, 0.05) is 51.2 Å². The molecule has 0 aliphatic rings. The van der Waals surface area contributed by atoms with Crippen molar-refractivity contribution in [2.24, 2.45) is 4.99 Å². The minimum Gasteiger partial charge on any atom is -0.356 e. The van der Waals surface area contributed by atoms with E-state index in [1.807, 2.05) is 35.7 Å². The lowest BCUT2D eigenvalue weighted by Crippen LogP contribution is -2.39. The first-order valence-electron chi connectivity index (χ1n) is 9.04. The van der Waals surface area contributed by atoms with Gasteiger partial charge >= 0.3 is 0 Å². The highest BCUT2D eigenvalue weighted by Gasteiger charge is 2.03. The molecule has 0 amide bonds. The Hall–Kier alpha value is -2.83. The molecule has 0 spiro atoms. The zero-order valence-corrected chi connectivity index (χ0v) is 15.7. The molecule has 2 N–H and O–H groups in total. The van der Waals surface area contributed by atoms with E-state index >= 15 is 0 Å². The number of hydrogen-bond donors (Lipinski definition) is 2. The number of aryl methyl sites for hydroxylation is 3. The van der Waals surface area contributed by atoms with Crippen LogP contribution in [0.5, 0.6) is 0 Å². The van der Waals surface area contributed by atoms with Crippen molar-refractivity contribution in [1.29, 1.82) is 0 Å². The summed E-state index contributed by atoms with van der Waals surface area (Å²) in [6.45, 7) is 6.67. The molecular formula is C19H27N7. The summed E-state index contributed by atoms with van der Waals surface area (Å²) in [5.41, 5.74) is 4.33. The van der Waals surface area contributed by atoms with Crippen molar-refractivity contribution in [1.82, 2.24) is 29.8 Å². The number of fused-ring (bicyclic) bond motifs is 1. The highest BCUT2D eigenvalue weighted by Crippen LogP contribution is 2.04. The second-order valence-electron chi connectivity index (χ2n) is 6.38. The number of nitrogens with zero attached hydrogens (tertiary/aromatic N) is 5. The number of imidazole rings is 1. The number of pyridine rings is 1. The molecule has 0 atom stereocenters. The topological polar surface area (TPSA) is 71.5 Å². The van der Waals surface area contributed by atoms with Crippen molar-refractivity contribution in [3.05, 3.63) is 53.7 Å². The summed E-state index contributed by atoms with van der Waals surface area (Å²) >= 11 is 0. The summed E-state index contributed by atoms with van der Waals surface area (Å²) in [6, 6.07) is 8.13. The van der Waals surface area contributed by atoms with E-state index in [4.69, 9.17) is 0 Å². The fourth-order valence-electron chi connectivity index (χ4n) is 2.97. The molecule has 0 aromatic carbocycles. The zero-order chi connectivity index (χ0) is 18.4. The number of nitrogens with one attached hydrogen (secondary N) is 2. The maximum absolute atomic E-state index is 4.61. The molecule has 26 heavy (non-hydrogen) atoms. The molecule has 3 aromatic heterocycles. The number of hydrogen-bond acceptors (Lipinski definition) is 3. The molecule has 0 radical (unpaired) electrons. The Kier molecular flexibility index (Phi) is 5.88. The molecule has 138 valence electrons. The van der Waals surface area contributed by atoms with E-state index in [0.717, 1.165) is 55.5 Å². The van der Waals surface area contributed by atoms with Crippen LogP contribution < -0.4 is 10.6 Å². The largest absolute Gasteiger partial charge is 0.356 e. The predicted octanol–water partition coefficient (Wildman–Crippen LogP) is 1.95. The molecule has 0 aliphatic carbocycles. The maximum atomic E-state index is 4.61. The van der Waals surface area contributed by atoms with Crippen molar-refractivity contribution in [3.8, 4) is 0 Å². The first-order valence-corrected chi connectivity index (χ1v) is 9.04. The first-order chi connectivity index (χ1) is 12.7. The van der Waals surface area contributed by atoms with E-state index in [-0.39, 0.29) is 0 Å². The zero-order valence-electron chi connectivity index (χ0n) is 15.7. The molecule has 3 rings (SSSR count). The van der Waals surface area contributed by atoms with Crippen LogP contribution in [0.1, 0.15) is 23.5 Å². The number of rotatable bonds is 7. The third-order valence-electron chi connectivity index (χ3n) is 4.25. The van der Waals surface area contributed by atoms with Crippen LogP contribution in [-0.4, -0.2) is 45.3 Å². The molecule has 0 bridgehead atoms. The second kappa shape index (κ2) is 8.51. The van der Waals surface area contributed by atoms with Crippen molar-refractivity contribution < 1.29 is 0 Å². The third kappa shape index (κ3) is 4.62. The third-order valence-corrected chi connectivity index (χ3v) is 4.25. The standard InChI is InChI=1S/C19H27N7/c1-15-13-16(2)26(24-15)12-6-9-21-19(20-3)22-10-8-17-14-25-11-5-4-7-18(25)23-17/h4-5,7,11,13-14H,6,8-10,12H2,1-3H3,(H2,20,21,22). The molecule has 0 fully saturated rings. The molecular weight excluding hydrogens is 326 g/mol. The normalized spacial score (nSPS) is 11.9. The summed E-state index contributed by atoms with van der Waals surface area (Å²) in [7, 11) is 1.79. The highest BCUT2D eigenvalue weighted by molar-refractivity contribution is 5.79. The van der Waals surface area contributed by atoms with Crippen LogP contribution in [0.4, 0.5) is 0 Å². The van der Waals surface area contributed by atoms with Gasteiger partial charge in [-0.2, -0.15) is 5.10 Å². The van der Waals surface area contributed by atoms with Gasteiger partial charge in [-0.1, -0.05) is 6.07 Å². The molecule has 3 heterocycles. The number of aromatic nitrogens is 4. The summed E-state index contributed by atoms with van der Waals surface area (Å²) in [5.74, 6) is 0.821. The molecule has 0 saturated carbocycles. The Balaban J connectivity index is 1.38. The Morgan fingerprint density at radius 1 is 1.19 bits per heavy atom. The van der Waals surface area contributed by atoms with Crippen molar-refractivity contribution in [3.63, 3.8) is 0 Å². The molecule has 3 aromatic rings. The number of guanidine groups is 1. The Bertz CT molecular complexity index is 842. The van der Waals surface area contributed by atoms with E-state index in [9.17, 15) is 0 Å². The Morgan fingerprint density at radius 3 is 2.77 bits per heavy atom. The van der Waals surface area contributed by atoms with Crippen LogP contribution in [0, 0.1) is 13.8 Å². The van der Waals surface area contributed by atoms with Gasteiger partial charge in [0.25, 0.3) is 0 Å². The lowest BCUT2D eigenvalue weighted by atomic mass is 10.3. The average molecular weight is 353 g/mol. The van der Waals surface area contributed by atoms with Crippen LogP contribution in [0.2, 0.25) is 0 Å². The smallest absolute Gasteiger partial charge is 0.190 e. The molecule has 7 heteroatoms. The van der Waals surface area contributed by atoms with Crippen LogP contribution in [0.3, 0.4) is 0 Å². The van der Waals surface area contributed by atoms with Gasteiger partial charge in [-0.15, -0.1) is 0 Å². The van der Waals surface area contributed by atoms with Crippen molar-refractivity contribution in [2.45, 2.75) is 33.2 Å². The maximum Gasteiger partial charge on any atom is 0.190 e. The van der Waals surface area contributed by atoms with Gasteiger partial charge in [-0.05, 0) is 38.5 Å². The Morgan fingerprint density at radius 2 is 2.04 bits per heavy atom. The van der Waals surface area contributed by atoms with E-state index in [1.54, 1.807) is 7.05 Å². The van der Waals surface area contributed by atoms with Crippen LogP contribution >= 0.6 is 0 Å². The Labute approximate surface area is 154 Å². The summed E-state index contributed by atoms with van der Waals surface area (Å²) in [4.78, 5) is 8.88. The van der Waals surface area contributed by atoms with E-state index < -0.39 is 0 Å². The minimum atomic E-state index is 0.793. The van der Waals surface area contributed by atoms with Crippen molar-refractivity contribution in [2.75, 3.05) is 20.1 Å². The van der Waals surface area contributed by atoms with E-state index in [2.05, 4.69) is 49.6 Å². The molecule has 0 saturated heterocycles. The van der Waals surface area contributed by atoms with Crippen LogP contribution in [0.25, 0.3) is 5.65 Å². The fourth-order valence-corrected chi connectivity index (χ4v) is 2.97. The quantitative estimate of drug-likeness (QED) is 0.387. The van der Waals surface area contributed by atoms with Crippen LogP contribution in [-0.2, 0) is 13.0 Å². The van der Waals surface area contributed by atoms with Gasteiger partial charge in [-0.3, -0.25) is 9.67 Å². The average Bonchev–Trinajstić information content (AvgIpc) is 3.18. The van der Waals surface area contributed by atoms with Gasteiger partial charge < -0.3 is 15.0 Å². The van der Waals surface area contributed by atoms with Crippen molar-refractivity contribution >= 4 is 11.6 Å².